The zero-order chi connectivity index (χ0) is 16.5. The number of rotatable bonds is 5. The maximum Gasteiger partial charge on any atom is 0.387 e. The highest BCUT2D eigenvalue weighted by atomic mass is 19.3. The zero-order valence-electron chi connectivity index (χ0n) is 12.2. The van der Waals surface area contributed by atoms with Gasteiger partial charge in [-0.15, -0.1) is 0 Å². The van der Waals surface area contributed by atoms with Crippen molar-refractivity contribution >= 4 is 11.9 Å². The number of nitrogens with zero attached hydrogens (tertiary/aromatic N) is 1. The number of carbonyl (C=O) groups excluding carboxylic acids is 2. The second-order valence-electron chi connectivity index (χ2n) is 5.31. The summed E-state index contributed by atoms with van der Waals surface area (Å²) in [5.41, 5.74) is -0.0827. The van der Waals surface area contributed by atoms with Crippen LogP contribution in [0.1, 0.15) is 19.4 Å². The Kier molecular flexibility index (Phi) is 4.16. The van der Waals surface area contributed by atoms with E-state index in [2.05, 4.69) is 16.6 Å². The molecule has 118 valence electrons. The van der Waals surface area contributed by atoms with Crippen molar-refractivity contribution in [2.24, 2.45) is 0 Å². The number of urea groups is 1. The number of ether oxygens (including phenoxy) is 1. The van der Waals surface area contributed by atoms with Crippen LogP contribution in [0.4, 0.5) is 13.6 Å². The van der Waals surface area contributed by atoms with E-state index < -0.39 is 24.1 Å². The molecule has 0 aliphatic carbocycles. The van der Waals surface area contributed by atoms with Crippen LogP contribution in [0.5, 0.6) is 5.75 Å². The second-order valence-corrected chi connectivity index (χ2v) is 5.31. The molecule has 0 radical (unpaired) electrons. The van der Waals surface area contributed by atoms with Gasteiger partial charge in [0.2, 0.25) is 0 Å². The first-order valence-electron chi connectivity index (χ1n) is 6.58. The number of benzene rings is 1. The van der Waals surface area contributed by atoms with Gasteiger partial charge >= 0.3 is 12.6 Å². The number of imide groups is 1. The van der Waals surface area contributed by atoms with Crippen molar-refractivity contribution in [3.63, 3.8) is 0 Å². The number of nitrogens with one attached hydrogen (secondary N) is 1. The van der Waals surface area contributed by atoms with Gasteiger partial charge in [-0.3, -0.25) is 9.69 Å². The molecule has 1 fully saturated rings. The Morgan fingerprint density at radius 2 is 1.95 bits per heavy atom. The summed E-state index contributed by atoms with van der Waals surface area (Å²) in [6.07, 6.45) is 0. The summed E-state index contributed by atoms with van der Waals surface area (Å²) >= 11 is 0. The number of hydrogen-bond acceptors (Lipinski definition) is 3. The summed E-state index contributed by atoms with van der Waals surface area (Å²) in [6.45, 7) is 4.18. The molecule has 1 aliphatic heterocycles. The summed E-state index contributed by atoms with van der Waals surface area (Å²) in [5, 5.41) is 2.62. The van der Waals surface area contributed by atoms with Crippen molar-refractivity contribution in [2.45, 2.75) is 26.0 Å². The zero-order valence-corrected chi connectivity index (χ0v) is 12.2. The van der Waals surface area contributed by atoms with Crippen LogP contribution in [-0.2, 0) is 10.3 Å². The van der Waals surface area contributed by atoms with Gasteiger partial charge in [0.1, 0.15) is 11.3 Å². The highest BCUT2D eigenvalue weighted by Gasteiger charge is 2.48. The van der Waals surface area contributed by atoms with Crippen molar-refractivity contribution in [1.82, 2.24) is 10.2 Å². The van der Waals surface area contributed by atoms with Crippen molar-refractivity contribution in [1.29, 1.82) is 0 Å². The average molecular weight is 310 g/mol. The SMILES string of the molecule is C=C(C)CN1C(=O)NC(C)(c2ccc(OC(F)F)cc2)C1=O. The summed E-state index contributed by atoms with van der Waals surface area (Å²) in [7, 11) is 0. The maximum absolute atomic E-state index is 12.5. The molecule has 1 saturated heterocycles. The van der Waals surface area contributed by atoms with E-state index in [4.69, 9.17) is 0 Å². The van der Waals surface area contributed by atoms with Gasteiger partial charge in [0.05, 0.1) is 6.54 Å². The van der Waals surface area contributed by atoms with Gasteiger partial charge in [-0.1, -0.05) is 24.3 Å². The van der Waals surface area contributed by atoms with Gasteiger partial charge in [0, 0.05) is 0 Å². The first-order valence-corrected chi connectivity index (χ1v) is 6.58. The van der Waals surface area contributed by atoms with E-state index in [1.165, 1.54) is 24.3 Å². The van der Waals surface area contributed by atoms with Crippen LogP contribution in [0.25, 0.3) is 0 Å². The molecule has 22 heavy (non-hydrogen) atoms. The number of hydrogen-bond donors (Lipinski definition) is 1. The van der Waals surface area contributed by atoms with E-state index in [0.29, 0.717) is 11.1 Å². The van der Waals surface area contributed by atoms with E-state index in [0.717, 1.165) is 4.90 Å². The topological polar surface area (TPSA) is 58.6 Å². The molecule has 3 amide bonds. The molecule has 5 nitrogen and oxygen atoms in total. The van der Waals surface area contributed by atoms with Crippen LogP contribution >= 0.6 is 0 Å². The van der Waals surface area contributed by atoms with Gasteiger partial charge in [0.25, 0.3) is 5.91 Å². The molecule has 1 aromatic carbocycles. The molecule has 1 N–H and O–H groups in total. The molecule has 7 heteroatoms. The van der Waals surface area contributed by atoms with Crippen LogP contribution < -0.4 is 10.1 Å². The molecular weight excluding hydrogens is 294 g/mol. The van der Waals surface area contributed by atoms with Crippen molar-refractivity contribution < 1.29 is 23.1 Å². The van der Waals surface area contributed by atoms with E-state index >= 15 is 0 Å². The Hall–Kier alpha value is -2.44. The lowest BCUT2D eigenvalue weighted by atomic mass is 9.92. The van der Waals surface area contributed by atoms with Crippen LogP contribution in [0.2, 0.25) is 0 Å². The summed E-state index contributed by atoms with van der Waals surface area (Å²) < 4.78 is 28.5. The Bertz CT molecular complexity index is 616. The Morgan fingerprint density at radius 1 is 1.36 bits per heavy atom. The fraction of sp³-hybridized carbons (Fsp3) is 0.333. The molecule has 1 unspecified atom stereocenters. The van der Waals surface area contributed by atoms with E-state index in [9.17, 15) is 18.4 Å². The quantitative estimate of drug-likeness (QED) is 0.672. The number of amides is 3. The molecule has 1 aromatic rings. The molecule has 0 aromatic heterocycles. The monoisotopic (exact) mass is 310 g/mol. The van der Waals surface area contributed by atoms with Gasteiger partial charge in [-0.25, -0.2) is 4.79 Å². The third kappa shape index (κ3) is 2.93. The van der Waals surface area contributed by atoms with Gasteiger partial charge in [-0.05, 0) is 31.5 Å². The van der Waals surface area contributed by atoms with Gasteiger partial charge < -0.3 is 10.1 Å². The molecule has 0 saturated carbocycles. The molecule has 0 spiro atoms. The molecule has 1 aliphatic rings. The van der Waals surface area contributed by atoms with Crippen LogP contribution in [0, 0.1) is 0 Å². The lowest BCUT2D eigenvalue weighted by Gasteiger charge is -2.22. The molecule has 1 heterocycles. The van der Waals surface area contributed by atoms with Crippen LogP contribution in [0.15, 0.2) is 36.4 Å². The number of halogens is 2. The second kappa shape index (κ2) is 5.75. The smallest absolute Gasteiger partial charge is 0.387 e. The minimum atomic E-state index is -2.92. The third-order valence-electron chi connectivity index (χ3n) is 3.36. The summed E-state index contributed by atoms with van der Waals surface area (Å²) in [4.78, 5) is 25.5. The van der Waals surface area contributed by atoms with E-state index in [-0.39, 0.29) is 12.3 Å². The van der Waals surface area contributed by atoms with Crippen LogP contribution in [0.3, 0.4) is 0 Å². The average Bonchev–Trinajstić information content (AvgIpc) is 2.63. The molecule has 0 bridgehead atoms. The Labute approximate surface area is 126 Å². The van der Waals surface area contributed by atoms with Crippen molar-refractivity contribution in [2.75, 3.05) is 6.54 Å². The Balaban J connectivity index is 2.25. The lowest BCUT2D eigenvalue weighted by Crippen LogP contribution is -2.41. The molecular formula is C15H16F2N2O3. The van der Waals surface area contributed by atoms with Crippen LogP contribution in [-0.4, -0.2) is 30.0 Å². The summed E-state index contributed by atoms with van der Waals surface area (Å²) in [6, 6.07) is 5.09. The first kappa shape index (κ1) is 15.9. The maximum atomic E-state index is 12.5. The molecule has 2 rings (SSSR count). The first-order chi connectivity index (χ1) is 10.2. The highest BCUT2D eigenvalue weighted by molar-refractivity contribution is 6.07. The Morgan fingerprint density at radius 3 is 2.45 bits per heavy atom. The lowest BCUT2D eigenvalue weighted by molar-refractivity contribution is -0.130. The fourth-order valence-corrected chi connectivity index (χ4v) is 2.28. The third-order valence-corrected chi connectivity index (χ3v) is 3.36. The predicted octanol–water partition coefficient (Wildman–Crippen LogP) is 2.63. The standard InChI is InChI=1S/C15H16F2N2O3/c1-9(2)8-19-12(20)15(3,18-14(19)21)10-4-6-11(7-5-10)22-13(16)17/h4-7,13H,1,8H2,2-3H3,(H,18,21). The fourth-order valence-electron chi connectivity index (χ4n) is 2.28. The molecule has 1 atom stereocenters. The van der Waals surface area contributed by atoms with Crippen molar-refractivity contribution in [3.05, 3.63) is 42.0 Å². The number of carbonyl (C=O) groups is 2. The minimum Gasteiger partial charge on any atom is -0.435 e. The highest BCUT2D eigenvalue weighted by Crippen LogP contribution is 2.30. The van der Waals surface area contributed by atoms with E-state index in [1.807, 2.05) is 0 Å². The predicted molar refractivity (Wildman–Crippen MR) is 75.5 cm³/mol. The minimum absolute atomic E-state index is 0.0158. The normalized spacial score (nSPS) is 21.2. The van der Waals surface area contributed by atoms with Gasteiger partial charge in [0.15, 0.2) is 0 Å². The summed E-state index contributed by atoms with van der Waals surface area (Å²) in [5.74, 6) is -0.430. The number of alkyl halides is 2. The van der Waals surface area contributed by atoms with Crippen molar-refractivity contribution in [3.8, 4) is 5.75 Å². The largest absolute Gasteiger partial charge is 0.435 e. The van der Waals surface area contributed by atoms with E-state index in [1.54, 1.807) is 13.8 Å². The van der Waals surface area contributed by atoms with Gasteiger partial charge in [-0.2, -0.15) is 8.78 Å².